The number of nitrogens with one attached hydrogen (secondary N) is 1. The highest BCUT2D eigenvalue weighted by Gasteiger charge is 2.39. The number of carbonyl (C=O) groups excluding carboxylic acids is 2. The third-order valence-corrected chi connectivity index (χ3v) is 7.42. The lowest BCUT2D eigenvalue weighted by molar-refractivity contribution is -0.146. The number of oxime groups is 1. The fourth-order valence-corrected chi connectivity index (χ4v) is 5.86. The average Bonchev–Trinajstić information content (AvgIpc) is 3.14. The summed E-state index contributed by atoms with van der Waals surface area (Å²) >= 11 is 0. The van der Waals surface area contributed by atoms with Gasteiger partial charge < -0.3 is 23.9 Å². The lowest BCUT2D eigenvalue weighted by atomic mass is 9.95. The van der Waals surface area contributed by atoms with Crippen molar-refractivity contribution < 1.29 is 38.1 Å². The maximum atomic E-state index is 13.6. The lowest BCUT2D eigenvalue weighted by Crippen LogP contribution is -2.46. The van der Waals surface area contributed by atoms with Crippen molar-refractivity contribution in [3.8, 4) is 11.5 Å². The topological polar surface area (TPSA) is 133 Å². The molecule has 0 spiro atoms. The molecule has 0 fully saturated rings. The van der Waals surface area contributed by atoms with Gasteiger partial charge in [-0.2, -0.15) is 0 Å². The van der Waals surface area contributed by atoms with Crippen LogP contribution >= 0.6 is 7.52 Å². The van der Waals surface area contributed by atoms with E-state index in [1.165, 1.54) is 28.1 Å². The number of ether oxygens (including phenoxy) is 3. The minimum atomic E-state index is -3.68. The molecule has 188 valence electrons. The van der Waals surface area contributed by atoms with Gasteiger partial charge in [0.1, 0.15) is 29.2 Å². The first-order chi connectivity index (χ1) is 15.8. The van der Waals surface area contributed by atoms with Gasteiger partial charge in [-0.1, -0.05) is 16.8 Å². The second-order valence-corrected chi connectivity index (χ2v) is 10.9. The number of aromatic hydroxyl groups is 1. The number of phenols is 1. The number of hydrogen-bond donors (Lipinski definition) is 2. The molecule has 1 aliphatic rings. The Balaban J connectivity index is 2.38. The first-order valence-corrected chi connectivity index (χ1v) is 12.5. The standard InChI is InChI=1S/C23H33N2O8P/c1-13(2)24-33-34(29,25-23(5,6)22(28)31-8)12-14(3)9-10-16-19(26)18-17(11-32-21(18)27)15(4)20(16)30-7/h9,26H,10-12H2,1-8H3,(H,25,29). The van der Waals surface area contributed by atoms with E-state index in [4.69, 9.17) is 18.8 Å². The molecule has 0 radical (unpaired) electrons. The zero-order valence-electron chi connectivity index (χ0n) is 20.9. The quantitative estimate of drug-likeness (QED) is 0.162. The summed E-state index contributed by atoms with van der Waals surface area (Å²) in [5.41, 5.74) is 1.77. The number of cyclic esters (lactones) is 1. The summed E-state index contributed by atoms with van der Waals surface area (Å²) in [6.45, 7) is 10.1. The number of fused-ring (bicyclic) bond motifs is 1. The molecule has 1 aliphatic heterocycles. The summed E-state index contributed by atoms with van der Waals surface area (Å²) in [5, 5.41) is 17.4. The van der Waals surface area contributed by atoms with Gasteiger partial charge in [-0.25, -0.2) is 9.88 Å². The molecule has 1 aromatic rings. The summed E-state index contributed by atoms with van der Waals surface area (Å²) in [5.74, 6) is -0.931. The molecular weight excluding hydrogens is 463 g/mol. The number of phenolic OH excluding ortho intramolecular Hbond substituents is 1. The maximum Gasteiger partial charge on any atom is 0.344 e. The van der Waals surface area contributed by atoms with Gasteiger partial charge in [0.25, 0.3) is 0 Å². The van der Waals surface area contributed by atoms with Crippen molar-refractivity contribution in [2.45, 2.75) is 60.1 Å². The van der Waals surface area contributed by atoms with E-state index in [0.29, 0.717) is 33.7 Å². The first-order valence-electron chi connectivity index (χ1n) is 10.7. The minimum absolute atomic E-state index is 0.0702. The number of allylic oxidation sites excluding steroid dienone is 2. The van der Waals surface area contributed by atoms with E-state index in [1.54, 1.807) is 33.8 Å². The van der Waals surface area contributed by atoms with Crippen LogP contribution in [0, 0.1) is 6.92 Å². The second kappa shape index (κ2) is 10.6. The Morgan fingerprint density at radius 2 is 1.94 bits per heavy atom. The average molecular weight is 496 g/mol. The maximum absolute atomic E-state index is 13.6. The van der Waals surface area contributed by atoms with Crippen LogP contribution in [0.15, 0.2) is 16.8 Å². The SMILES string of the molecule is COC(=O)C(C)(C)NP(=O)(CC(C)=CCc1c(O)c2c(c(C)c1OC)COC2=O)ON=C(C)C. The summed E-state index contributed by atoms with van der Waals surface area (Å²) in [6, 6.07) is 0. The Labute approximate surface area is 199 Å². The van der Waals surface area contributed by atoms with E-state index in [2.05, 4.69) is 10.2 Å². The van der Waals surface area contributed by atoms with E-state index < -0.39 is 25.0 Å². The molecule has 0 aromatic heterocycles. The van der Waals surface area contributed by atoms with Crippen molar-refractivity contribution in [2.75, 3.05) is 20.4 Å². The van der Waals surface area contributed by atoms with Crippen LogP contribution in [0.25, 0.3) is 0 Å². The largest absolute Gasteiger partial charge is 0.507 e. The third-order valence-electron chi connectivity index (χ3n) is 5.26. The van der Waals surface area contributed by atoms with E-state index in [-0.39, 0.29) is 30.5 Å². The van der Waals surface area contributed by atoms with Gasteiger partial charge in [0.2, 0.25) is 0 Å². The van der Waals surface area contributed by atoms with E-state index in [9.17, 15) is 19.3 Å². The molecule has 1 atom stereocenters. The van der Waals surface area contributed by atoms with Crippen LogP contribution in [0.1, 0.15) is 61.7 Å². The van der Waals surface area contributed by atoms with Crippen LogP contribution in [0.3, 0.4) is 0 Å². The van der Waals surface area contributed by atoms with E-state index >= 15 is 0 Å². The van der Waals surface area contributed by atoms with Crippen LogP contribution in [0.2, 0.25) is 0 Å². The van der Waals surface area contributed by atoms with E-state index in [1.807, 2.05) is 0 Å². The van der Waals surface area contributed by atoms with Gasteiger partial charge >= 0.3 is 19.5 Å². The number of methoxy groups -OCH3 is 2. The molecule has 1 aromatic carbocycles. The van der Waals surface area contributed by atoms with Crippen LogP contribution in [-0.4, -0.2) is 48.7 Å². The fourth-order valence-electron chi connectivity index (χ4n) is 3.66. The molecule has 1 heterocycles. The molecule has 11 heteroatoms. The van der Waals surface area contributed by atoms with Crippen LogP contribution < -0.4 is 9.82 Å². The highest BCUT2D eigenvalue weighted by atomic mass is 31.2. The van der Waals surface area contributed by atoms with E-state index in [0.717, 1.165) is 0 Å². The number of carbonyl (C=O) groups is 2. The monoisotopic (exact) mass is 496 g/mol. The van der Waals surface area contributed by atoms with Crippen molar-refractivity contribution in [2.24, 2.45) is 5.16 Å². The third kappa shape index (κ3) is 5.98. The molecular formula is C23H33N2O8P. The minimum Gasteiger partial charge on any atom is -0.507 e. The van der Waals surface area contributed by atoms with Gasteiger partial charge in [-0.3, -0.25) is 9.36 Å². The molecule has 2 rings (SSSR count). The van der Waals surface area contributed by atoms with Crippen molar-refractivity contribution >= 4 is 25.2 Å². The van der Waals surface area contributed by atoms with Crippen LogP contribution in [0.5, 0.6) is 11.5 Å². The molecule has 0 aliphatic carbocycles. The predicted molar refractivity (Wildman–Crippen MR) is 128 cm³/mol. The zero-order chi connectivity index (χ0) is 25.8. The van der Waals surface area contributed by atoms with Crippen molar-refractivity contribution in [3.05, 3.63) is 33.9 Å². The Morgan fingerprint density at radius 3 is 2.50 bits per heavy atom. The molecule has 0 saturated carbocycles. The van der Waals surface area contributed by atoms with Crippen LogP contribution in [0.4, 0.5) is 0 Å². The van der Waals surface area contributed by atoms with Crippen molar-refractivity contribution in [3.63, 3.8) is 0 Å². The molecule has 2 N–H and O–H groups in total. The Hall–Kier alpha value is -2.84. The predicted octanol–water partition coefficient (Wildman–Crippen LogP) is 4.02. The van der Waals surface area contributed by atoms with Crippen molar-refractivity contribution in [1.82, 2.24) is 5.09 Å². The number of nitrogens with zero attached hydrogens (tertiary/aromatic N) is 1. The number of rotatable bonds is 10. The van der Waals surface area contributed by atoms with Crippen molar-refractivity contribution in [1.29, 1.82) is 0 Å². The fraction of sp³-hybridized carbons (Fsp3) is 0.522. The molecule has 0 saturated heterocycles. The molecule has 34 heavy (non-hydrogen) atoms. The molecule has 1 unspecified atom stereocenters. The zero-order valence-corrected chi connectivity index (χ0v) is 21.8. The highest BCUT2D eigenvalue weighted by Crippen LogP contribution is 2.47. The highest BCUT2D eigenvalue weighted by molar-refractivity contribution is 7.57. The number of benzene rings is 1. The Kier molecular flexibility index (Phi) is 8.55. The smallest absolute Gasteiger partial charge is 0.344 e. The van der Waals surface area contributed by atoms with Gasteiger partial charge in [0.05, 0.1) is 26.1 Å². The van der Waals surface area contributed by atoms with Gasteiger partial charge in [0.15, 0.2) is 0 Å². The summed E-state index contributed by atoms with van der Waals surface area (Å²) < 4.78 is 34.3. The normalized spacial score (nSPS) is 15.2. The summed E-state index contributed by atoms with van der Waals surface area (Å²) in [6.07, 6.45) is 1.87. The summed E-state index contributed by atoms with van der Waals surface area (Å²) in [7, 11) is -0.952. The Morgan fingerprint density at radius 1 is 1.29 bits per heavy atom. The molecule has 0 amide bonds. The summed E-state index contributed by atoms with van der Waals surface area (Å²) in [4.78, 5) is 24.2. The van der Waals surface area contributed by atoms with Gasteiger partial charge in [-0.05, 0) is 53.5 Å². The first kappa shape index (κ1) is 27.4. The van der Waals surface area contributed by atoms with Crippen LogP contribution in [-0.2, 0) is 36.5 Å². The molecule has 10 nitrogen and oxygen atoms in total. The number of esters is 2. The van der Waals surface area contributed by atoms with Gasteiger partial charge in [0, 0.05) is 11.1 Å². The van der Waals surface area contributed by atoms with Gasteiger partial charge in [-0.15, -0.1) is 0 Å². The lowest BCUT2D eigenvalue weighted by Gasteiger charge is -2.28. The Bertz CT molecular complexity index is 1090. The number of hydrogen-bond acceptors (Lipinski definition) is 9. The molecule has 0 bridgehead atoms. The second-order valence-electron chi connectivity index (χ2n) is 8.85.